The number of rotatable bonds is 5. The number of hydrogen-bond donors (Lipinski definition) is 1. The average molecular weight is 467 g/mol. The SMILES string of the molecule is CC[C@@H]1C(=O)N(C)c2cnc(-c3ccncc3CN(C(=O)O)C(C)(C)C)nc2N1C1CCCC1. The minimum atomic E-state index is -0.994. The van der Waals surface area contributed by atoms with Gasteiger partial charge in [-0.1, -0.05) is 19.8 Å². The van der Waals surface area contributed by atoms with Crippen molar-refractivity contribution in [2.75, 3.05) is 16.8 Å². The highest BCUT2D eigenvalue weighted by Crippen LogP contribution is 2.40. The van der Waals surface area contributed by atoms with Crippen molar-refractivity contribution < 1.29 is 14.7 Å². The second kappa shape index (κ2) is 9.19. The van der Waals surface area contributed by atoms with E-state index in [1.807, 2.05) is 33.8 Å². The molecule has 0 radical (unpaired) electrons. The number of nitrogens with zero attached hydrogens (tertiary/aromatic N) is 6. The summed E-state index contributed by atoms with van der Waals surface area (Å²) in [4.78, 5) is 44.2. The molecule has 2 amide bonds. The van der Waals surface area contributed by atoms with Crippen LogP contribution < -0.4 is 9.80 Å². The Morgan fingerprint density at radius 1 is 1.24 bits per heavy atom. The Balaban J connectivity index is 1.80. The van der Waals surface area contributed by atoms with Crippen LogP contribution in [0.2, 0.25) is 0 Å². The van der Waals surface area contributed by atoms with Crippen molar-refractivity contribution in [2.45, 2.75) is 84.0 Å². The molecule has 1 N–H and O–H groups in total. The highest BCUT2D eigenvalue weighted by molar-refractivity contribution is 6.04. The molecular formula is C25H34N6O3. The molecule has 0 aromatic carbocycles. The zero-order valence-electron chi connectivity index (χ0n) is 20.7. The van der Waals surface area contributed by atoms with Crippen LogP contribution in [0.1, 0.15) is 65.4 Å². The second-order valence-electron chi connectivity index (χ2n) is 10.1. The van der Waals surface area contributed by atoms with Gasteiger partial charge in [0.05, 0.1) is 12.7 Å². The number of carbonyl (C=O) groups excluding carboxylic acids is 1. The first-order chi connectivity index (χ1) is 16.1. The molecule has 1 fully saturated rings. The molecule has 1 aliphatic carbocycles. The number of anilines is 2. The van der Waals surface area contributed by atoms with Gasteiger partial charge in [-0.15, -0.1) is 0 Å². The molecule has 0 unspecified atom stereocenters. The maximum Gasteiger partial charge on any atom is 0.408 e. The van der Waals surface area contributed by atoms with Crippen LogP contribution in [0.4, 0.5) is 16.3 Å². The average Bonchev–Trinajstić information content (AvgIpc) is 3.33. The van der Waals surface area contributed by atoms with Crippen LogP contribution in [0.5, 0.6) is 0 Å². The predicted octanol–water partition coefficient (Wildman–Crippen LogP) is 4.32. The predicted molar refractivity (Wildman–Crippen MR) is 131 cm³/mol. The van der Waals surface area contributed by atoms with Crippen LogP contribution in [-0.4, -0.2) is 61.6 Å². The van der Waals surface area contributed by atoms with Crippen LogP contribution >= 0.6 is 0 Å². The summed E-state index contributed by atoms with van der Waals surface area (Å²) in [6.07, 6.45) is 9.18. The Morgan fingerprint density at radius 3 is 2.56 bits per heavy atom. The standard InChI is InChI=1S/C25H34N6O3/c1-6-19-23(32)29(5)20-14-27-21(28-22(20)31(19)17-9-7-8-10-17)18-11-12-26-13-16(18)15-30(24(33)34)25(2,3)4/h11-14,17,19H,6-10,15H2,1-5H3,(H,33,34)/t19-/m1/s1. The lowest BCUT2D eigenvalue weighted by Gasteiger charge is -2.43. The third-order valence-corrected chi connectivity index (χ3v) is 6.93. The third-order valence-electron chi connectivity index (χ3n) is 6.93. The van der Waals surface area contributed by atoms with Gasteiger partial charge in [-0.25, -0.2) is 14.8 Å². The van der Waals surface area contributed by atoms with Crippen molar-refractivity contribution in [3.63, 3.8) is 0 Å². The third kappa shape index (κ3) is 4.31. The first-order valence-corrected chi connectivity index (χ1v) is 12.0. The summed E-state index contributed by atoms with van der Waals surface area (Å²) in [6.45, 7) is 7.81. The van der Waals surface area contributed by atoms with E-state index in [2.05, 4.69) is 14.9 Å². The fourth-order valence-corrected chi connectivity index (χ4v) is 5.05. The molecule has 182 valence electrons. The van der Waals surface area contributed by atoms with Gasteiger partial charge >= 0.3 is 6.09 Å². The number of carboxylic acid groups (broad SMARTS) is 1. The van der Waals surface area contributed by atoms with Crippen LogP contribution in [0.25, 0.3) is 11.4 Å². The molecule has 34 heavy (non-hydrogen) atoms. The van der Waals surface area contributed by atoms with Crippen LogP contribution in [0.3, 0.4) is 0 Å². The van der Waals surface area contributed by atoms with Gasteiger partial charge < -0.3 is 14.9 Å². The molecule has 3 heterocycles. The molecular weight excluding hydrogens is 432 g/mol. The Hall–Kier alpha value is -3.23. The van der Waals surface area contributed by atoms with Gasteiger partial charge in [0.1, 0.15) is 11.7 Å². The topological polar surface area (TPSA) is 103 Å². The quantitative estimate of drug-likeness (QED) is 0.700. The van der Waals surface area contributed by atoms with Crippen LogP contribution in [0, 0.1) is 0 Å². The van der Waals surface area contributed by atoms with Gasteiger partial charge in [-0.3, -0.25) is 14.7 Å². The molecule has 0 spiro atoms. The fourth-order valence-electron chi connectivity index (χ4n) is 5.05. The zero-order chi connectivity index (χ0) is 24.6. The lowest BCUT2D eigenvalue weighted by molar-refractivity contribution is -0.120. The molecule has 1 atom stereocenters. The summed E-state index contributed by atoms with van der Waals surface area (Å²) >= 11 is 0. The second-order valence-corrected chi connectivity index (χ2v) is 10.1. The first-order valence-electron chi connectivity index (χ1n) is 12.0. The van der Waals surface area contributed by atoms with E-state index in [1.54, 1.807) is 30.5 Å². The number of carbonyl (C=O) groups is 2. The molecule has 4 rings (SSSR count). The van der Waals surface area contributed by atoms with Crippen LogP contribution in [-0.2, 0) is 11.3 Å². The van der Waals surface area contributed by atoms with E-state index in [-0.39, 0.29) is 24.5 Å². The summed E-state index contributed by atoms with van der Waals surface area (Å²) in [5.41, 5.74) is 1.61. The maximum absolute atomic E-state index is 13.1. The Labute approximate surface area is 200 Å². The lowest BCUT2D eigenvalue weighted by Crippen LogP contribution is -2.55. The van der Waals surface area contributed by atoms with Gasteiger partial charge in [-0.05, 0) is 46.1 Å². The van der Waals surface area contributed by atoms with E-state index in [4.69, 9.17) is 4.98 Å². The molecule has 0 bridgehead atoms. The van der Waals surface area contributed by atoms with Gasteiger partial charge in [0.2, 0.25) is 5.91 Å². The number of aromatic nitrogens is 3. The van der Waals surface area contributed by atoms with Crippen molar-refractivity contribution in [1.29, 1.82) is 0 Å². The molecule has 9 nitrogen and oxygen atoms in total. The number of pyridine rings is 1. The first kappa shape index (κ1) is 23.9. The minimum absolute atomic E-state index is 0.0742. The summed E-state index contributed by atoms with van der Waals surface area (Å²) in [6, 6.07) is 1.86. The van der Waals surface area contributed by atoms with Crippen molar-refractivity contribution in [1.82, 2.24) is 19.9 Å². The highest BCUT2D eigenvalue weighted by Gasteiger charge is 2.41. The summed E-state index contributed by atoms with van der Waals surface area (Å²) in [5.74, 6) is 1.36. The Bertz CT molecular complexity index is 1080. The van der Waals surface area contributed by atoms with Crippen molar-refractivity contribution in [3.05, 3.63) is 30.2 Å². The van der Waals surface area contributed by atoms with E-state index in [1.165, 1.54) is 4.90 Å². The normalized spacial score (nSPS) is 18.9. The number of fused-ring (bicyclic) bond motifs is 1. The minimum Gasteiger partial charge on any atom is -0.465 e. The largest absolute Gasteiger partial charge is 0.465 e. The number of amides is 2. The number of likely N-dealkylation sites (N-methyl/N-ethyl adjacent to an activating group) is 1. The smallest absolute Gasteiger partial charge is 0.408 e. The summed E-state index contributed by atoms with van der Waals surface area (Å²) in [5, 5.41) is 9.79. The lowest BCUT2D eigenvalue weighted by atomic mass is 10.0. The van der Waals surface area contributed by atoms with Crippen molar-refractivity contribution in [2.24, 2.45) is 0 Å². The maximum atomic E-state index is 13.1. The van der Waals surface area contributed by atoms with Gasteiger partial charge in [-0.2, -0.15) is 0 Å². The molecule has 2 aromatic heterocycles. The molecule has 9 heteroatoms. The fraction of sp³-hybridized carbons (Fsp3) is 0.560. The van der Waals surface area contributed by atoms with Crippen molar-refractivity contribution >= 4 is 23.5 Å². The molecule has 2 aliphatic rings. The molecule has 1 aliphatic heterocycles. The summed E-state index contributed by atoms with van der Waals surface area (Å²) < 4.78 is 0. The Morgan fingerprint density at radius 2 is 1.94 bits per heavy atom. The Kier molecular flexibility index (Phi) is 6.47. The van der Waals surface area contributed by atoms with Crippen LogP contribution in [0.15, 0.2) is 24.7 Å². The highest BCUT2D eigenvalue weighted by atomic mass is 16.4. The number of hydrogen-bond acceptors (Lipinski definition) is 6. The monoisotopic (exact) mass is 466 g/mol. The van der Waals surface area contributed by atoms with Gasteiger partial charge in [0, 0.05) is 42.1 Å². The van der Waals surface area contributed by atoms with E-state index >= 15 is 0 Å². The van der Waals surface area contributed by atoms with E-state index < -0.39 is 11.6 Å². The van der Waals surface area contributed by atoms with Crippen molar-refractivity contribution in [3.8, 4) is 11.4 Å². The van der Waals surface area contributed by atoms with E-state index in [9.17, 15) is 14.7 Å². The van der Waals surface area contributed by atoms with Gasteiger partial charge in [0.25, 0.3) is 0 Å². The molecule has 2 aromatic rings. The van der Waals surface area contributed by atoms with E-state index in [0.717, 1.165) is 42.6 Å². The molecule has 0 saturated heterocycles. The zero-order valence-corrected chi connectivity index (χ0v) is 20.7. The summed E-state index contributed by atoms with van der Waals surface area (Å²) in [7, 11) is 1.78. The molecule has 1 saturated carbocycles. The van der Waals surface area contributed by atoms with Gasteiger partial charge in [0.15, 0.2) is 11.6 Å². The van der Waals surface area contributed by atoms with E-state index in [0.29, 0.717) is 17.9 Å².